The van der Waals surface area contributed by atoms with Crippen molar-refractivity contribution in [3.8, 4) is 11.8 Å². The highest BCUT2D eigenvalue weighted by molar-refractivity contribution is 8.13. The molecule has 0 aliphatic heterocycles. The lowest BCUT2D eigenvalue weighted by atomic mass is 10.1. The summed E-state index contributed by atoms with van der Waals surface area (Å²) in [4.78, 5) is 10.6. The lowest BCUT2D eigenvalue weighted by Crippen LogP contribution is -1.99. The quantitative estimate of drug-likeness (QED) is 0.634. The Bertz CT molecular complexity index is 860. The summed E-state index contributed by atoms with van der Waals surface area (Å²) in [6.07, 6.45) is 2.29. The van der Waals surface area contributed by atoms with Crippen molar-refractivity contribution in [3.05, 3.63) is 70.5 Å². The zero-order chi connectivity index (χ0) is 18.2. The molecule has 0 heterocycles. The van der Waals surface area contributed by atoms with Crippen LogP contribution in [0.4, 0.5) is 4.39 Å². The fraction of sp³-hybridized carbons (Fsp3) is 0.238. The lowest BCUT2D eigenvalue weighted by Gasteiger charge is -2.05. The molecule has 4 heteroatoms. The van der Waals surface area contributed by atoms with Crippen molar-refractivity contribution in [1.29, 1.82) is 0 Å². The number of carboxylic acid groups (broad SMARTS) is 1. The van der Waals surface area contributed by atoms with Gasteiger partial charge in [-0.3, -0.25) is 4.79 Å². The van der Waals surface area contributed by atoms with Gasteiger partial charge in [0, 0.05) is 23.3 Å². The fourth-order valence-corrected chi connectivity index (χ4v) is 3.21. The highest BCUT2D eigenvalue weighted by Crippen LogP contribution is 2.19. The molecule has 2 aromatic carbocycles. The maximum absolute atomic E-state index is 14.1. The normalized spacial score (nSPS) is 11.6. The van der Waals surface area contributed by atoms with E-state index < -0.39 is 11.8 Å². The number of aryl methyl sites for hydroxylation is 1. The lowest BCUT2D eigenvalue weighted by molar-refractivity contribution is -0.136. The summed E-state index contributed by atoms with van der Waals surface area (Å²) in [5.74, 6) is 5.76. The maximum Gasteiger partial charge on any atom is 0.303 e. The number of rotatable bonds is 5. The van der Waals surface area contributed by atoms with Crippen LogP contribution >= 0.6 is 10.5 Å². The van der Waals surface area contributed by atoms with Crippen LogP contribution in [-0.2, 0) is 17.0 Å². The number of carbonyl (C=O) groups is 1. The van der Waals surface area contributed by atoms with E-state index in [9.17, 15) is 9.18 Å². The third-order valence-corrected chi connectivity index (χ3v) is 5.38. The van der Waals surface area contributed by atoms with Gasteiger partial charge in [-0.15, -0.1) is 0 Å². The van der Waals surface area contributed by atoms with Crippen LogP contribution in [0.1, 0.15) is 35.6 Å². The second kappa shape index (κ2) is 9.19. The summed E-state index contributed by atoms with van der Waals surface area (Å²) in [6.45, 7) is 2.06. The second-order valence-corrected chi connectivity index (χ2v) is 7.82. The smallest absolute Gasteiger partial charge is 0.303 e. The summed E-state index contributed by atoms with van der Waals surface area (Å²) in [6, 6.07) is 12.7. The predicted molar refractivity (Wildman–Crippen MR) is 104 cm³/mol. The van der Waals surface area contributed by atoms with E-state index in [1.165, 1.54) is 11.6 Å². The number of hydrogen-bond acceptors (Lipinski definition) is 1. The summed E-state index contributed by atoms with van der Waals surface area (Å²) in [5, 5.41) is 10.9. The van der Waals surface area contributed by atoms with Crippen LogP contribution in [0, 0.1) is 17.7 Å². The molecule has 0 fully saturated rings. The molecule has 0 spiro atoms. The van der Waals surface area contributed by atoms with Gasteiger partial charge in [0.15, 0.2) is 0 Å². The van der Waals surface area contributed by atoms with Crippen LogP contribution in [0.15, 0.2) is 42.5 Å². The van der Waals surface area contributed by atoms with Crippen molar-refractivity contribution >= 4 is 21.8 Å². The van der Waals surface area contributed by atoms with Crippen molar-refractivity contribution in [2.75, 3.05) is 6.26 Å². The fourth-order valence-electron chi connectivity index (χ4n) is 2.31. The Morgan fingerprint density at radius 3 is 2.64 bits per heavy atom. The first kappa shape index (κ1) is 19.0. The van der Waals surface area contributed by atoms with E-state index in [0.717, 1.165) is 11.3 Å². The van der Waals surface area contributed by atoms with Gasteiger partial charge in [-0.1, -0.05) is 41.5 Å². The van der Waals surface area contributed by atoms with E-state index in [-0.39, 0.29) is 23.3 Å². The van der Waals surface area contributed by atoms with Crippen molar-refractivity contribution < 1.29 is 14.3 Å². The van der Waals surface area contributed by atoms with Gasteiger partial charge in [-0.25, -0.2) is 4.39 Å². The first-order chi connectivity index (χ1) is 12.0. The van der Waals surface area contributed by atoms with Gasteiger partial charge in [0.1, 0.15) is 5.82 Å². The molecule has 25 heavy (non-hydrogen) atoms. The van der Waals surface area contributed by atoms with Crippen molar-refractivity contribution in [2.24, 2.45) is 0 Å². The van der Waals surface area contributed by atoms with Crippen molar-refractivity contribution in [3.63, 3.8) is 0 Å². The Morgan fingerprint density at radius 2 is 1.96 bits per heavy atom. The molecule has 1 unspecified atom stereocenters. The predicted octanol–water partition coefficient (Wildman–Crippen LogP) is 4.46. The highest BCUT2D eigenvalue weighted by Gasteiger charge is 2.05. The minimum absolute atomic E-state index is 0.0806. The molecular formula is C21H21FO2S. The number of carboxylic acids is 1. The Morgan fingerprint density at radius 1 is 1.20 bits per heavy atom. The van der Waals surface area contributed by atoms with Crippen LogP contribution in [0.2, 0.25) is 0 Å². The topological polar surface area (TPSA) is 37.3 Å². The van der Waals surface area contributed by atoms with E-state index in [2.05, 4.69) is 36.5 Å². The molecule has 1 atom stereocenters. The highest BCUT2D eigenvalue weighted by atomic mass is 32.2. The zero-order valence-corrected chi connectivity index (χ0v) is 15.2. The molecule has 2 rings (SSSR count). The van der Waals surface area contributed by atoms with E-state index in [4.69, 9.17) is 5.11 Å². The Kier molecular flexibility index (Phi) is 6.97. The van der Waals surface area contributed by atoms with E-state index >= 15 is 0 Å². The van der Waals surface area contributed by atoms with Crippen molar-refractivity contribution in [1.82, 2.24) is 0 Å². The largest absolute Gasteiger partial charge is 0.481 e. The van der Waals surface area contributed by atoms with Gasteiger partial charge in [-0.05, 0) is 48.9 Å². The van der Waals surface area contributed by atoms with Crippen LogP contribution in [0.25, 0.3) is 0 Å². The van der Waals surface area contributed by atoms with E-state index in [0.29, 0.717) is 11.1 Å². The van der Waals surface area contributed by atoms with E-state index in [1.54, 1.807) is 12.1 Å². The maximum atomic E-state index is 14.1. The molecule has 0 radical (unpaired) electrons. The van der Waals surface area contributed by atoms with Gasteiger partial charge in [0.25, 0.3) is 0 Å². The van der Waals surface area contributed by atoms with Gasteiger partial charge < -0.3 is 5.11 Å². The molecule has 0 amide bonds. The first-order valence-corrected chi connectivity index (χ1v) is 9.87. The number of aliphatic carboxylic acids is 1. The number of hydrogen-bond donors (Lipinski definition) is 1. The summed E-state index contributed by atoms with van der Waals surface area (Å²) in [5.41, 5.74) is 3.14. The Hall–Kier alpha value is -2.38. The molecular weight excluding hydrogens is 335 g/mol. The van der Waals surface area contributed by atoms with Crippen molar-refractivity contribution in [2.45, 2.75) is 25.5 Å². The average molecular weight is 356 g/mol. The molecule has 0 saturated carbocycles. The van der Waals surface area contributed by atoms with Crippen LogP contribution in [-0.4, -0.2) is 22.7 Å². The Labute approximate surface area is 150 Å². The van der Waals surface area contributed by atoms with Crippen LogP contribution in [0.5, 0.6) is 0 Å². The molecule has 130 valence electrons. The van der Waals surface area contributed by atoms with Gasteiger partial charge in [-0.2, -0.15) is 10.5 Å². The third kappa shape index (κ3) is 5.88. The van der Waals surface area contributed by atoms with Crippen LogP contribution in [0.3, 0.4) is 0 Å². The number of halogens is 1. The third-order valence-electron chi connectivity index (χ3n) is 3.81. The molecule has 1 N–H and O–H groups in total. The Balaban J connectivity index is 2.21. The van der Waals surface area contributed by atoms with Gasteiger partial charge in [0.05, 0.1) is 0 Å². The molecule has 0 aliphatic rings. The average Bonchev–Trinajstić information content (AvgIpc) is 2.60. The molecule has 2 nitrogen and oxygen atoms in total. The monoisotopic (exact) mass is 356 g/mol. The molecule has 0 bridgehead atoms. The zero-order valence-electron chi connectivity index (χ0n) is 14.4. The molecule has 0 aromatic heterocycles. The SMILES string of the molecule is C/C=S(/C)Cc1ccccc1C#Cc1ccc(CCC(=O)O)c(F)c1. The standard InChI is InChI=1S/C21H21FO2S/c1-3-25(2)15-19-7-5-4-6-17(19)10-8-16-9-11-18(20(22)14-16)12-13-21(23)24/h3-7,9,11,14H,12-13,15H2,1-2H3,(H,23,24). The van der Waals surface area contributed by atoms with Crippen LogP contribution < -0.4 is 0 Å². The molecule has 0 aliphatic carbocycles. The van der Waals surface area contributed by atoms with Gasteiger partial charge >= 0.3 is 5.97 Å². The minimum Gasteiger partial charge on any atom is -0.481 e. The summed E-state index contributed by atoms with van der Waals surface area (Å²) in [7, 11) is 0.200. The minimum atomic E-state index is -0.931. The first-order valence-electron chi connectivity index (χ1n) is 8.00. The molecule has 0 saturated heterocycles. The summed E-state index contributed by atoms with van der Waals surface area (Å²) < 4.78 is 14.1. The van der Waals surface area contributed by atoms with Gasteiger partial charge in [0.2, 0.25) is 0 Å². The molecule has 2 aromatic rings. The second-order valence-electron chi connectivity index (χ2n) is 5.68. The number of benzene rings is 2. The summed E-state index contributed by atoms with van der Waals surface area (Å²) >= 11 is 0. The van der Waals surface area contributed by atoms with E-state index in [1.807, 2.05) is 18.2 Å².